The highest BCUT2D eigenvalue weighted by atomic mass is 31.1. The average molecular weight is 461 g/mol. The van der Waals surface area contributed by atoms with Crippen LogP contribution in [0.25, 0.3) is 22.4 Å². The smallest absolute Gasteiger partial charge is 0.142 e. The molecule has 0 spiro atoms. The van der Waals surface area contributed by atoms with E-state index in [1.54, 1.807) is 5.30 Å². The number of aromatic nitrogens is 2. The summed E-state index contributed by atoms with van der Waals surface area (Å²) in [7, 11) is -0.163. The third-order valence-corrected chi connectivity index (χ3v) is 11.7. The summed E-state index contributed by atoms with van der Waals surface area (Å²) < 4.78 is 2.51. The molecule has 2 aliphatic rings. The van der Waals surface area contributed by atoms with Crippen molar-refractivity contribution in [2.24, 2.45) is 0 Å². The highest BCUT2D eigenvalue weighted by Gasteiger charge is 2.34. The summed E-state index contributed by atoms with van der Waals surface area (Å²) in [6.45, 7) is 9.06. The first-order valence-corrected chi connectivity index (χ1v) is 14.9. The zero-order chi connectivity index (χ0) is 22.9. The van der Waals surface area contributed by atoms with Crippen LogP contribution in [0.2, 0.25) is 0 Å². The summed E-state index contributed by atoms with van der Waals surface area (Å²) >= 11 is 0. The predicted molar refractivity (Wildman–Crippen MR) is 145 cm³/mol. The van der Waals surface area contributed by atoms with Crippen molar-refractivity contribution in [1.82, 2.24) is 9.55 Å². The molecule has 3 heteroatoms. The second-order valence-corrected chi connectivity index (χ2v) is 13.6. The maximum atomic E-state index is 5.31. The molecule has 0 unspecified atom stereocenters. The zero-order valence-corrected chi connectivity index (χ0v) is 22.0. The Hall–Kier alpha value is -1.66. The van der Waals surface area contributed by atoms with Gasteiger partial charge in [0.1, 0.15) is 5.82 Å². The van der Waals surface area contributed by atoms with Crippen molar-refractivity contribution in [1.29, 1.82) is 0 Å². The Kier molecular flexibility index (Phi) is 6.94. The van der Waals surface area contributed by atoms with Crippen molar-refractivity contribution in [2.75, 3.05) is 0 Å². The molecule has 0 bridgehead atoms. The highest BCUT2D eigenvalue weighted by molar-refractivity contribution is 7.67. The van der Waals surface area contributed by atoms with Gasteiger partial charge in [0, 0.05) is 11.6 Å². The molecule has 0 aliphatic heterocycles. The number of imidazole rings is 1. The molecular formula is C30H41N2P. The minimum Gasteiger partial charge on any atom is -0.321 e. The van der Waals surface area contributed by atoms with Gasteiger partial charge < -0.3 is 4.57 Å². The molecule has 0 amide bonds. The van der Waals surface area contributed by atoms with Gasteiger partial charge >= 0.3 is 0 Å². The summed E-state index contributed by atoms with van der Waals surface area (Å²) in [4.78, 5) is 5.31. The summed E-state index contributed by atoms with van der Waals surface area (Å²) in [5.41, 5.74) is 8.35. The third kappa shape index (κ3) is 4.53. The van der Waals surface area contributed by atoms with Crippen LogP contribution in [0.15, 0.2) is 36.4 Å². The van der Waals surface area contributed by atoms with Gasteiger partial charge in [-0.15, -0.1) is 0 Å². The molecular weight excluding hydrogens is 419 g/mol. The normalized spacial score (nSPS) is 18.6. The molecule has 3 aromatic rings. The lowest BCUT2D eigenvalue weighted by atomic mass is 9.99. The number of hydrogen-bond acceptors (Lipinski definition) is 1. The Morgan fingerprint density at radius 1 is 0.818 bits per heavy atom. The van der Waals surface area contributed by atoms with Crippen LogP contribution >= 0.6 is 7.92 Å². The van der Waals surface area contributed by atoms with Crippen molar-refractivity contribution in [3.8, 4) is 11.4 Å². The molecule has 176 valence electrons. The fourth-order valence-corrected chi connectivity index (χ4v) is 10.3. The van der Waals surface area contributed by atoms with Crippen molar-refractivity contribution in [2.45, 2.75) is 109 Å². The Labute approximate surface area is 202 Å². The lowest BCUT2D eigenvalue weighted by Crippen LogP contribution is -2.27. The number of aryl methyl sites for hydroxylation is 2. The maximum absolute atomic E-state index is 5.31. The molecule has 2 saturated carbocycles. The van der Waals surface area contributed by atoms with Crippen LogP contribution in [0.1, 0.15) is 95.2 Å². The number of fused-ring (bicyclic) bond motifs is 1. The Balaban J connectivity index is 1.68. The van der Waals surface area contributed by atoms with E-state index in [1.165, 1.54) is 92.2 Å². The van der Waals surface area contributed by atoms with Crippen LogP contribution in [0.3, 0.4) is 0 Å². The van der Waals surface area contributed by atoms with E-state index < -0.39 is 0 Å². The standard InChI is InChI=1S/C30H41N2P/c1-21(2)32-28-20-23(4)22(3)19-27(28)31-30(32)26-17-11-12-18-29(26)33(24-13-7-5-8-14-24)25-15-9-6-10-16-25/h11-12,17-21,24-25H,5-10,13-16H2,1-4H3. The summed E-state index contributed by atoms with van der Waals surface area (Å²) in [6.07, 6.45) is 14.4. The minimum atomic E-state index is -0.163. The first kappa shape index (κ1) is 23.1. The van der Waals surface area contributed by atoms with Gasteiger partial charge in [-0.3, -0.25) is 0 Å². The van der Waals surface area contributed by atoms with E-state index in [0.717, 1.165) is 16.8 Å². The van der Waals surface area contributed by atoms with Crippen LogP contribution < -0.4 is 5.30 Å². The van der Waals surface area contributed by atoms with Gasteiger partial charge in [0.25, 0.3) is 0 Å². The molecule has 5 rings (SSSR count). The average Bonchev–Trinajstić information content (AvgIpc) is 3.19. The lowest BCUT2D eigenvalue weighted by molar-refractivity contribution is 0.487. The number of benzene rings is 2. The first-order chi connectivity index (χ1) is 16.0. The van der Waals surface area contributed by atoms with E-state index in [0.29, 0.717) is 6.04 Å². The molecule has 0 N–H and O–H groups in total. The van der Waals surface area contributed by atoms with Gasteiger partial charge in [-0.1, -0.05) is 70.7 Å². The minimum absolute atomic E-state index is 0.163. The van der Waals surface area contributed by atoms with Gasteiger partial charge in [-0.2, -0.15) is 0 Å². The van der Waals surface area contributed by atoms with E-state index >= 15 is 0 Å². The van der Waals surface area contributed by atoms with Crippen LogP contribution in [0, 0.1) is 13.8 Å². The van der Waals surface area contributed by atoms with Crippen LogP contribution in [0.4, 0.5) is 0 Å². The monoisotopic (exact) mass is 460 g/mol. The molecule has 0 saturated heterocycles. The number of nitrogens with zero attached hydrogens (tertiary/aromatic N) is 2. The quantitative estimate of drug-likeness (QED) is 0.348. The molecule has 0 atom stereocenters. The zero-order valence-electron chi connectivity index (χ0n) is 21.1. The van der Waals surface area contributed by atoms with Crippen LogP contribution in [0.5, 0.6) is 0 Å². The van der Waals surface area contributed by atoms with Crippen molar-refractivity contribution in [3.05, 3.63) is 47.5 Å². The molecule has 2 aliphatic carbocycles. The Bertz CT molecular complexity index is 1080. The van der Waals surface area contributed by atoms with Crippen LogP contribution in [-0.4, -0.2) is 20.9 Å². The predicted octanol–water partition coefficient (Wildman–Crippen LogP) is 8.67. The maximum Gasteiger partial charge on any atom is 0.142 e. The van der Waals surface area contributed by atoms with Gasteiger partial charge in [-0.25, -0.2) is 4.98 Å². The fourth-order valence-electron chi connectivity index (χ4n) is 6.36. The number of rotatable bonds is 5. The molecule has 33 heavy (non-hydrogen) atoms. The van der Waals surface area contributed by atoms with E-state index in [4.69, 9.17) is 4.98 Å². The molecule has 2 aromatic carbocycles. The molecule has 0 radical (unpaired) electrons. The summed E-state index contributed by atoms with van der Waals surface area (Å²) in [5.74, 6) is 1.19. The van der Waals surface area contributed by atoms with E-state index in [1.807, 2.05) is 0 Å². The Morgan fingerprint density at radius 3 is 2.00 bits per heavy atom. The highest BCUT2D eigenvalue weighted by Crippen LogP contribution is 2.56. The van der Waals surface area contributed by atoms with E-state index in [9.17, 15) is 0 Å². The Morgan fingerprint density at radius 2 is 1.39 bits per heavy atom. The third-order valence-electron chi connectivity index (χ3n) is 8.18. The van der Waals surface area contributed by atoms with Gasteiger partial charge in [0.2, 0.25) is 0 Å². The van der Waals surface area contributed by atoms with Crippen molar-refractivity contribution >= 4 is 24.3 Å². The van der Waals surface area contributed by atoms with Crippen LogP contribution in [-0.2, 0) is 0 Å². The SMILES string of the molecule is Cc1cc2nc(-c3ccccc3P(C3CCCCC3)C3CCCCC3)n(C(C)C)c2cc1C. The van der Waals surface area contributed by atoms with Gasteiger partial charge in [0.05, 0.1) is 11.0 Å². The molecule has 2 fully saturated rings. The fraction of sp³-hybridized carbons (Fsp3) is 0.567. The number of hydrogen-bond donors (Lipinski definition) is 0. The first-order valence-electron chi connectivity index (χ1n) is 13.4. The topological polar surface area (TPSA) is 17.8 Å². The summed E-state index contributed by atoms with van der Waals surface area (Å²) in [5, 5.41) is 1.65. The summed E-state index contributed by atoms with van der Waals surface area (Å²) in [6, 6.07) is 14.5. The van der Waals surface area contributed by atoms with Gasteiger partial charge in [0.15, 0.2) is 0 Å². The van der Waals surface area contributed by atoms with E-state index in [2.05, 4.69) is 68.7 Å². The van der Waals surface area contributed by atoms with Gasteiger partial charge in [-0.05, 0) is 93.3 Å². The molecule has 2 nitrogen and oxygen atoms in total. The van der Waals surface area contributed by atoms with E-state index in [-0.39, 0.29) is 7.92 Å². The second-order valence-electron chi connectivity index (χ2n) is 10.8. The second kappa shape index (κ2) is 9.91. The largest absolute Gasteiger partial charge is 0.321 e. The molecule has 1 heterocycles. The lowest BCUT2D eigenvalue weighted by Gasteiger charge is -2.39. The molecule has 1 aromatic heterocycles. The van der Waals surface area contributed by atoms with Crippen molar-refractivity contribution in [3.63, 3.8) is 0 Å². The van der Waals surface area contributed by atoms with Crippen molar-refractivity contribution < 1.29 is 0 Å².